The third kappa shape index (κ3) is 5.46. The molecule has 0 aliphatic carbocycles. The van der Waals surface area contributed by atoms with E-state index in [0.29, 0.717) is 22.6 Å². The maximum atomic E-state index is 13.3. The molecule has 0 saturated carbocycles. The fourth-order valence-corrected chi connectivity index (χ4v) is 2.25. The predicted octanol–water partition coefficient (Wildman–Crippen LogP) is 4.12. The minimum Gasteiger partial charge on any atom is -0.457 e. The minimum absolute atomic E-state index is 0.335. The van der Waals surface area contributed by atoms with E-state index in [1.165, 1.54) is 12.1 Å². The molecule has 0 saturated heterocycles. The van der Waals surface area contributed by atoms with Gasteiger partial charge in [0.15, 0.2) is 0 Å². The van der Waals surface area contributed by atoms with Gasteiger partial charge < -0.3 is 14.8 Å². The van der Waals surface area contributed by atoms with Gasteiger partial charge in [0.2, 0.25) is 0 Å². The molecule has 0 radical (unpaired) electrons. The van der Waals surface area contributed by atoms with Crippen LogP contribution >= 0.6 is 15.9 Å². The summed E-state index contributed by atoms with van der Waals surface area (Å²) in [5.41, 5.74) is 1.15. The Bertz CT molecular complexity index is 555. The smallest absolute Gasteiger partial charge is 0.131 e. The van der Waals surface area contributed by atoms with Gasteiger partial charge in [-0.2, -0.15) is 0 Å². The summed E-state index contributed by atoms with van der Waals surface area (Å²) in [6.07, 6.45) is 0. The van der Waals surface area contributed by atoms with Crippen molar-refractivity contribution in [1.29, 1.82) is 0 Å². The second-order valence-corrected chi connectivity index (χ2v) is 5.44. The van der Waals surface area contributed by atoms with Gasteiger partial charge in [-0.25, -0.2) is 4.39 Å². The molecule has 1 N–H and O–H groups in total. The molecule has 0 aromatic heterocycles. The molecule has 5 heteroatoms. The Kier molecular flexibility index (Phi) is 6.17. The van der Waals surface area contributed by atoms with E-state index in [1.807, 2.05) is 24.3 Å². The van der Waals surface area contributed by atoms with Crippen LogP contribution in [0.25, 0.3) is 0 Å². The summed E-state index contributed by atoms with van der Waals surface area (Å²) in [6, 6.07) is 12.2. The number of methoxy groups -OCH3 is 1. The third-order valence-corrected chi connectivity index (χ3v) is 3.27. The Hall–Kier alpha value is -1.43. The van der Waals surface area contributed by atoms with Crippen LogP contribution in [0.2, 0.25) is 0 Å². The van der Waals surface area contributed by atoms with Crippen LogP contribution < -0.4 is 10.1 Å². The Balaban J connectivity index is 1.92. The highest BCUT2D eigenvalue weighted by Gasteiger charge is 2.02. The van der Waals surface area contributed by atoms with Crippen LogP contribution in [0.3, 0.4) is 0 Å². The average Bonchev–Trinajstić information content (AvgIpc) is 2.44. The molecule has 112 valence electrons. The van der Waals surface area contributed by atoms with Gasteiger partial charge in [0.1, 0.15) is 17.3 Å². The number of hydrogen-bond donors (Lipinski definition) is 1. The molecule has 2 rings (SSSR count). The maximum Gasteiger partial charge on any atom is 0.131 e. The van der Waals surface area contributed by atoms with Gasteiger partial charge >= 0.3 is 0 Å². The van der Waals surface area contributed by atoms with Crippen molar-refractivity contribution in [2.45, 2.75) is 6.54 Å². The normalized spacial score (nSPS) is 10.6. The number of ether oxygens (including phenoxy) is 2. The molecule has 0 unspecified atom stereocenters. The van der Waals surface area contributed by atoms with Crippen molar-refractivity contribution in [2.75, 3.05) is 20.3 Å². The molecule has 0 atom stereocenters. The largest absolute Gasteiger partial charge is 0.457 e. The Morgan fingerprint density at radius 3 is 2.52 bits per heavy atom. The van der Waals surface area contributed by atoms with Gasteiger partial charge in [-0.05, 0) is 29.8 Å². The first-order chi connectivity index (χ1) is 10.2. The number of hydrogen-bond acceptors (Lipinski definition) is 3. The van der Waals surface area contributed by atoms with E-state index in [-0.39, 0.29) is 5.82 Å². The second kappa shape index (κ2) is 8.12. The minimum atomic E-state index is -0.335. The lowest BCUT2D eigenvalue weighted by molar-refractivity contribution is 0.199. The summed E-state index contributed by atoms with van der Waals surface area (Å²) >= 11 is 3.24. The van der Waals surface area contributed by atoms with Gasteiger partial charge in [0, 0.05) is 30.7 Å². The second-order valence-electron chi connectivity index (χ2n) is 4.52. The molecule has 0 heterocycles. The van der Waals surface area contributed by atoms with Crippen molar-refractivity contribution in [3.63, 3.8) is 0 Å². The van der Waals surface area contributed by atoms with Crippen molar-refractivity contribution < 1.29 is 13.9 Å². The lowest BCUT2D eigenvalue weighted by atomic mass is 10.2. The standard InChI is InChI=1S/C16H17BrFNO2/c1-20-7-6-19-11-12-2-4-15(5-3-12)21-16-9-13(17)8-14(18)10-16/h2-5,8-10,19H,6-7,11H2,1H3. The third-order valence-electron chi connectivity index (χ3n) is 2.81. The maximum absolute atomic E-state index is 13.3. The van der Waals surface area contributed by atoms with Gasteiger partial charge in [0.05, 0.1) is 6.61 Å². The molecule has 0 amide bonds. The summed E-state index contributed by atoms with van der Waals surface area (Å²) in [5, 5.41) is 3.27. The van der Waals surface area contributed by atoms with E-state index in [1.54, 1.807) is 13.2 Å². The molecule has 2 aromatic carbocycles. The molecule has 21 heavy (non-hydrogen) atoms. The van der Waals surface area contributed by atoms with Crippen LogP contribution in [0, 0.1) is 5.82 Å². The first kappa shape index (κ1) is 15.9. The van der Waals surface area contributed by atoms with Crippen LogP contribution in [0.5, 0.6) is 11.5 Å². The average molecular weight is 354 g/mol. The van der Waals surface area contributed by atoms with Crippen molar-refractivity contribution in [3.8, 4) is 11.5 Å². The monoisotopic (exact) mass is 353 g/mol. The summed E-state index contributed by atoms with van der Waals surface area (Å²) in [6.45, 7) is 2.27. The highest BCUT2D eigenvalue weighted by Crippen LogP contribution is 2.26. The first-order valence-corrected chi connectivity index (χ1v) is 7.39. The molecule has 0 aliphatic heterocycles. The molecule has 0 fully saturated rings. The Morgan fingerprint density at radius 2 is 1.86 bits per heavy atom. The Labute approximate surface area is 132 Å². The van der Waals surface area contributed by atoms with E-state index >= 15 is 0 Å². The van der Waals surface area contributed by atoms with Crippen molar-refractivity contribution in [1.82, 2.24) is 5.32 Å². The van der Waals surface area contributed by atoms with E-state index in [9.17, 15) is 4.39 Å². The highest BCUT2D eigenvalue weighted by atomic mass is 79.9. The first-order valence-electron chi connectivity index (χ1n) is 6.60. The molecule has 3 nitrogen and oxygen atoms in total. The lowest BCUT2D eigenvalue weighted by Crippen LogP contribution is -2.18. The SMILES string of the molecule is COCCNCc1ccc(Oc2cc(F)cc(Br)c2)cc1. The quantitative estimate of drug-likeness (QED) is 0.759. The molecule has 0 spiro atoms. The van der Waals surface area contributed by atoms with Gasteiger partial charge in [0.25, 0.3) is 0 Å². The Morgan fingerprint density at radius 1 is 1.10 bits per heavy atom. The van der Waals surface area contributed by atoms with Crippen LogP contribution in [0.15, 0.2) is 46.9 Å². The topological polar surface area (TPSA) is 30.5 Å². The van der Waals surface area contributed by atoms with E-state index in [2.05, 4.69) is 21.2 Å². The zero-order valence-corrected chi connectivity index (χ0v) is 13.3. The predicted molar refractivity (Wildman–Crippen MR) is 84.2 cm³/mol. The molecule has 0 aliphatic rings. The lowest BCUT2D eigenvalue weighted by Gasteiger charge is -2.08. The molecular weight excluding hydrogens is 337 g/mol. The van der Waals surface area contributed by atoms with Gasteiger partial charge in [-0.1, -0.05) is 28.1 Å². The number of rotatable bonds is 7. The van der Waals surface area contributed by atoms with Crippen molar-refractivity contribution in [3.05, 3.63) is 58.3 Å². The van der Waals surface area contributed by atoms with Crippen molar-refractivity contribution >= 4 is 15.9 Å². The van der Waals surface area contributed by atoms with Crippen LogP contribution in [-0.4, -0.2) is 20.3 Å². The van der Waals surface area contributed by atoms with Gasteiger partial charge in [-0.3, -0.25) is 0 Å². The van der Waals surface area contributed by atoms with E-state index < -0.39 is 0 Å². The van der Waals surface area contributed by atoms with Crippen LogP contribution in [0.4, 0.5) is 4.39 Å². The molecule has 0 bridgehead atoms. The number of halogens is 2. The number of nitrogens with one attached hydrogen (secondary N) is 1. The van der Waals surface area contributed by atoms with Crippen LogP contribution in [-0.2, 0) is 11.3 Å². The van der Waals surface area contributed by atoms with E-state index in [4.69, 9.17) is 9.47 Å². The van der Waals surface area contributed by atoms with Crippen molar-refractivity contribution in [2.24, 2.45) is 0 Å². The fourth-order valence-electron chi connectivity index (χ4n) is 1.81. The summed E-state index contributed by atoms with van der Waals surface area (Å²) in [7, 11) is 1.68. The fraction of sp³-hybridized carbons (Fsp3) is 0.250. The zero-order chi connectivity index (χ0) is 15.1. The highest BCUT2D eigenvalue weighted by molar-refractivity contribution is 9.10. The summed E-state index contributed by atoms with van der Waals surface area (Å²) < 4.78 is 24.5. The van der Waals surface area contributed by atoms with E-state index in [0.717, 1.165) is 18.7 Å². The molecule has 2 aromatic rings. The van der Waals surface area contributed by atoms with Gasteiger partial charge in [-0.15, -0.1) is 0 Å². The zero-order valence-electron chi connectivity index (χ0n) is 11.7. The van der Waals surface area contributed by atoms with Crippen LogP contribution in [0.1, 0.15) is 5.56 Å². The summed E-state index contributed by atoms with van der Waals surface area (Å²) in [5.74, 6) is 0.805. The summed E-state index contributed by atoms with van der Waals surface area (Å²) in [4.78, 5) is 0. The number of benzene rings is 2. The molecular formula is C16H17BrFNO2.